The molecule has 3 aromatic rings. The molecule has 0 amide bonds. The molecular weight excluding hydrogens is 358 g/mol. The third-order valence-electron chi connectivity index (χ3n) is 6.03. The summed E-state index contributed by atoms with van der Waals surface area (Å²) in [7, 11) is 2.11. The highest BCUT2D eigenvalue weighted by Crippen LogP contribution is 2.37. The van der Waals surface area contributed by atoms with Gasteiger partial charge in [-0.15, -0.1) is 0 Å². The molecule has 0 spiro atoms. The van der Waals surface area contributed by atoms with Crippen molar-refractivity contribution >= 4 is 11.6 Å². The van der Waals surface area contributed by atoms with Gasteiger partial charge >= 0.3 is 0 Å². The Labute approximate surface area is 164 Å². The molecule has 1 aliphatic carbocycles. The predicted octanol–water partition coefficient (Wildman–Crippen LogP) is 3.62. The van der Waals surface area contributed by atoms with Crippen molar-refractivity contribution in [1.82, 2.24) is 24.4 Å². The van der Waals surface area contributed by atoms with Gasteiger partial charge in [-0.3, -0.25) is 0 Å². The molecule has 1 aromatic carbocycles. The van der Waals surface area contributed by atoms with E-state index in [-0.39, 0.29) is 0 Å². The summed E-state index contributed by atoms with van der Waals surface area (Å²) in [5.41, 5.74) is 6.18. The number of hydrogen-bond acceptors (Lipinski definition) is 3. The van der Waals surface area contributed by atoms with Gasteiger partial charge < -0.3 is 14.5 Å². The van der Waals surface area contributed by atoms with Crippen LogP contribution in [0.4, 0.5) is 0 Å². The lowest BCUT2D eigenvalue weighted by molar-refractivity contribution is 0.460. The van der Waals surface area contributed by atoms with Gasteiger partial charge in [-0.2, -0.15) is 0 Å². The number of aromatic nitrogens is 4. The molecule has 0 saturated carbocycles. The van der Waals surface area contributed by atoms with Gasteiger partial charge in [0.2, 0.25) is 0 Å². The van der Waals surface area contributed by atoms with E-state index in [0.29, 0.717) is 5.92 Å². The van der Waals surface area contributed by atoms with E-state index in [1.165, 1.54) is 28.6 Å². The molecule has 1 atom stereocenters. The maximum atomic E-state index is 6.43. The molecule has 5 rings (SSSR count). The largest absolute Gasteiger partial charge is 0.331 e. The fourth-order valence-corrected chi connectivity index (χ4v) is 4.98. The summed E-state index contributed by atoms with van der Waals surface area (Å²) >= 11 is 6.43. The van der Waals surface area contributed by atoms with Crippen LogP contribution in [0.3, 0.4) is 0 Å². The van der Waals surface area contributed by atoms with E-state index in [9.17, 15) is 0 Å². The third kappa shape index (κ3) is 2.72. The fourth-order valence-electron chi connectivity index (χ4n) is 4.76. The number of benzene rings is 1. The molecule has 0 saturated heterocycles. The van der Waals surface area contributed by atoms with Gasteiger partial charge in [-0.25, -0.2) is 9.97 Å². The quantitative estimate of drug-likeness (QED) is 0.737. The first-order valence-electron chi connectivity index (χ1n) is 9.69. The second-order valence-electron chi connectivity index (χ2n) is 7.63. The average Bonchev–Trinajstić information content (AvgIpc) is 3.18. The van der Waals surface area contributed by atoms with Crippen molar-refractivity contribution < 1.29 is 0 Å². The second kappa shape index (κ2) is 6.50. The molecule has 0 bridgehead atoms. The molecule has 0 fully saturated rings. The van der Waals surface area contributed by atoms with Crippen LogP contribution in [0.2, 0.25) is 5.02 Å². The lowest BCUT2D eigenvalue weighted by Crippen LogP contribution is -2.30. The molecule has 27 heavy (non-hydrogen) atoms. The molecule has 5 nitrogen and oxygen atoms in total. The number of halogens is 1. The minimum absolute atomic E-state index is 0.492. The number of nitrogens with one attached hydrogen (secondary N) is 1. The van der Waals surface area contributed by atoms with Crippen LogP contribution in [0.5, 0.6) is 0 Å². The van der Waals surface area contributed by atoms with Gasteiger partial charge in [-0.1, -0.05) is 23.7 Å². The highest BCUT2D eigenvalue weighted by atomic mass is 35.5. The van der Waals surface area contributed by atoms with Crippen molar-refractivity contribution in [2.45, 2.75) is 45.2 Å². The van der Waals surface area contributed by atoms with E-state index in [0.717, 1.165) is 55.3 Å². The smallest absolute Gasteiger partial charge is 0.141 e. The topological polar surface area (TPSA) is 47.7 Å². The van der Waals surface area contributed by atoms with Crippen molar-refractivity contribution in [3.05, 3.63) is 57.9 Å². The van der Waals surface area contributed by atoms with Crippen LogP contribution >= 0.6 is 11.6 Å². The number of aryl methyl sites for hydroxylation is 1. The van der Waals surface area contributed by atoms with Gasteiger partial charge in [0.15, 0.2) is 0 Å². The number of fused-ring (bicyclic) bond motifs is 2. The summed E-state index contributed by atoms with van der Waals surface area (Å²) in [5, 5.41) is 4.18. The Morgan fingerprint density at radius 3 is 2.93 bits per heavy atom. The van der Waals surface area contributed by atoms with Gasteiger partial charge in [-0.05, 0) is 38.3 Å². The van der Waals surface area contributed by atoms with Gasteiger partial charge in [0.05, 0.1) is 23.0 Å². The van der Waals surface area contributed by atoms with Crippen LogP contribution in [-0.2, 0) is 33.0 Å². The maximum absolute atomic E-state index is 6.43. The first-order chi connectivity index (χ1) is 13.1. The average molecular weight is 382 g/mol. The second-order valence-corrected chi connectivity index (χ2v) is 8.04. The molecule has 6 heteroatoms. The van der Waals surface area contributed by atoms with E-state index in [1.54, 1.807) is 0 Å². The molecule has 3 heterocycles. The van der Waals surface area contributed by atoms with E-state index in [4.69, 9.17) is 21.6 Å². The van der Waals surface area contributed by atoms with E-state index < -0.39 is 0 Å². The van der Waals surface area contributed by atoms with Crippen molar-refractivity contribution in [3.63, 3.8) is 0 Å². The zero-order valence-corrected chi connectivity index (χ0v) is 16.6. The highest BCUT2D eigenvalue weighted by Gasteiger charge is 2.30. The number of imidazole rings is 2. The zero-order chi connectivity index (χ0) is 18.5. The molecule has 0 radical (unpaired) electrons. The van der Waals surface area contributed by atoms with Crippen LogP contribution in [-0.4, -0.2) is 25.6 Å². The first-order valence-corrected chi connectivity index (χ1v) is 10.1. The van der Waals surface area contributed by atoms with Gasteiger partial charge in [0, 0.05) is 43.0 Å². The van der Waals surface area contributed by atoms with E-state index in [2.05, 4.69) is 34.5 Å². The Morgan fingerprint density at radius 1 is 1.22 bits per heavy atom. The molecule has 1 N–H and O–H groups in total. The molecule has 140 valence electrons. The molecular formula is C21H24ClN5. The molecule has 1 aliphatic heterocycles. The SMILES string of the molecule is Cc1nc2n(c1C1CCc3c(nc(-c4ccccc4Cl)n3C)C1)CCNC2. The van der Waals surface area contributed by atoms with Crippen molar-refractivity contribution in [1.29, 1.82) is 0 Å². The van der Waals surface area contributed by atoms with Crippen LogP contribution in [0.1, 0.15) is 40.9 Å². The zero-order valence-electron chi connectivity index (χ0n) is 15.8. The Balaban J connectivity index is 1.52. The summed E-state index contributed by atoms with van der Waals surface area (Å²) in [5.74, 6) is 2.64. The molecule has 2 aromatic heterocycles. The summed E-state index contributed by atoms with van der Waals surface area (Å²) in [6, 6.07) is 7.97. The van der Waals surface area contributed by atoms with E-state index >= 15 is 0 Å². The molecule has 2 aliphatic rings. The fraction of sp³-hybridized carbons (Fsp3) is 0.429. The Bertz CT molecular complexity index is 1020. The Kier molecular flexibility index (Phi) is 4.10. The summed E-state index contributed by atoms with van der Waals surface area (Å²) in [4.78, 5) is 9.84. The lowest BCUT2D eigenvalue weighted by atomic mass is 9.86. The minimum atomic E-state index is 0.492. The first kappa shape index (κ1) is 17.0. The third-order valence-corrected chi connectivity index (χ3v) is 6.36. The Morgan fingerprint density at radius 2 is 2.07 bits per heavy atom. The van der Waals surface area contributed by atoms with Crippen LogP contribution < -0.4 is 5.32 Å². The van der Waals surface area contributed by atoms with Gasteiger partial charge in [0.1, 0.15) is 11.6 Å². The van der Waals surface area contributed by atoms with Crippen LogP contribution in [0.15, 0.2) is 24.3 Å². The standard InChI is InChI=1S/C21H24ClN5/c1-13-20(27-10-9-23-12-19(27)24-13)14-7-8-18-17(11-14)25-21(26(18)2)15-5-3-4-6-16(15)22/h3-6,14,23H,7-12H2,1-2H3. The maximum Gasteiger partial charge on any atom is 0.141 e. The van der Waals surface area contributed by atoms with Crippen molar-refractivity contribution in [2.75, 3.05) is 6.54 Å². The van der Waals surface area contributed by atoms with E-state index in [1.807, 2.05) is 18.2 Å². The van der Waals surface area contributed by atoms with Crippen molar-refractivity contribution in [3.8, 4) is 11.4 Å². The van der Waals surface area contributed by atoms with Crippen LogP contribution in [0.25, 0.3) is 11.4 Å². The summed E-state index contributed by atoms with van der Waals surface area (Å²) in [6.07, 6.45) is 3.17. The number of hydrogen-bond donors (Lipinski definition) is 1. The predicted molar refractivity (Wildman–Crippen MR) is 107 cm³/mol. The minimum Gasteiger partial charge on any atom is -0.331 e. The number of rotatable bonds is 2. The monoisotopic (exact) mass is 381 g/mol. The normalized spacial score (nSPS) is 19.0. The highest BCUT2D eigenvalue weighted by molar-refractivity contribution is 6.33. The summed E-state index contributed by atoms with van der Waals surface area (Å²) < 4.78 is 4.68. The lowest BCUT2D eigenvalue weighted by Gasteiger charge is -2.26. The Hall–Kier alpha value is -2.11. The van der Waals surface area contributed by atoms with Gasteiger partial charge in [0.25, 0.3) is 0 Å². The summed E-state index contributed by atoms with van der Waals surface area (Å²) in [6.45, 7) is 5.07. The van der Waals surface area contributed by atoms with Crippen LogP contribution in [0, 0.1) is 6.92 Å². The molecule has 1 unspecified atom stereocenters. The van der Waals surface area contributed by atoms with Crippen molar-refractivity contribution in [2.24, 2.45) is 7.05 Å². The number of nitrogens with zero attached hydrogens (tertiary/aromatic N) is 4.